The monoisotopic (exact) mass is 408 g/mol. The van der Waals surface area contributed by atoms with Crippen molar-refractivity contribution in [2.45, 2.75) is 44.7 Å². The molecule has 0 aliphatic heterocycles. The van der Waals surface area contributed by atoms with Crippen LogP contribution in [0.1, 0.15) is 36.9 Å². The summed E-state index contributed by atoms with van der Waals surface area (Å²) in [6.07, 6.45) is 3.99. The molecule has 0 radical (unpaired) electrons. The predicted molar refractivity (Wildman–Crippen MR) is 105 cm³/mol. The summed E-state index contributed by atoms with van der Waals surface area (Å²) < 4.78 is 13.9. The molecule has 1 heterocycles. The first kappa shape index (κ1) is 20.2. The van der Waals surface area contributed by atoms with E-state index in [1.807, 2.05) is 0 Å². The van der Waals surface area contributed by atoms with E-state index in [4.69, 9.17) is 23.1 Å². The van der Waals surface area contributed by atoms with Crippen LogP contribution in [0.3, 0.4) is 0 Å². The van der Waals surface area contributed by atoms with Crippen molar-refractivity contribution in [1.29, 1.82) is 0 Å². The summed E-state index contributed by atoms with van der Waals surface area (Å²) in [7, 11) is 0. The first-order valence-electron chi connectivity index (χ1n) is 9.07. The fourth-order valence-corrected chi connectivity index (χ4v) is 3.60. The van der Waals surface area contributed by atoms with Crippen molar-refractivity contribution in [3.8, 4) is 0 Å². The van der Waals surface area contributed by atoms with Gasteiger partial charge >= 0.3 is 5.69 Å². The zero-order chi connectivity index (χ0) is 20.3. The first-order chi connectivity index (χ1) is 13.3. The van der Waals surface area contributed by atoms with Crippen LogP contribution >= 0.6 is 11.6 Å². The highest BCUT2D eigenvalue weighted by molar-refractivity contribution is 6.30. The highest BCUT2D eigenvalue weighted by Gasteiger charge is 2.27. The zero-order valence-corrected chi connectivity index (χ0v) is 16.0. The van der Waals surface area contributed by atoms with Gasteiger partial charge in [-0.2, -0.15) is 4.98 Å². The summed E-state index contributed by atoms with van der Waals surface area (Å²) in [5, 5.41) is 14.6. The lowest BCUT2D eigenvalue weighted by molar-refractivity contribution is -0.385. The maximum atomic E-state index is 13.9. The molecule has 5 N–H and O–H groups in total. The van der Waals surface area contributed by atoms with Gasteiger partial charge in [-0.25, -0.2) is 9.37 Å². The number of nitro groups is 1. The van der Waals surface area contributed by atoms with Gasteiger partial charge in [0.25, 0.3) is 0 Å². The van der Waals surface area contributed by atoms with Crippen LogP contribution in [0.2, 0.25) is 5.02 Å². The van der Waals surface area contributed by atoms with Crippen LogP contribution < -0.4 is 16.8 Å². The molecule has 0 bridgehead atoms. The molecule has 10 heteroatoms. The molecule has 150 valence electrons. The Kier molecular flexibility index (Phi) is 6.25. The molecule has 1 fully saturated rings. The average Bonchev–Trinajstić information content (AvgIpc) is 2.62. The number of halogens is 2. The minimum absolute atomic E-state index is 0.0952. The maximum absolute atomic E-state index is 13.9. The second-order valence-corrected chi connectivity index (χ2v) is 7.50. The molecule has 3 rings (SSSR count). The summed E-state index contributed by atoms with van der Waals surface area (Å²) >= 11 is 5.75. The molecule has 1 saturated carbocycles. The highest BCUT2D eigenvalue weighted by atomic mass is 35.5. The minimum Gasteiger partial charge on any atom is -0.378 e. The van der Waals surface area contributed by atoms with E-state index in [0.717, 1.165) is 25.7 Å². The molecular weight excluding hydrogens is 387 g/mol. The Labute approximate surface area is 166 Å². The average molecular weight is 409 g/mol. The third-order valence-corrected chi connectivity index (χ3v) is 5.23. The highest BCUT2D eigenvalue weighted by Crippen LogP contribution is 2.32. The molecule has 0 amide bonds. The normalized spacial score (nSPS) is 19.4. The number of benzene rings is 1. The summed E-state index contributed by atoms with van der Waals surface area (Å²) in [5.74, 6) is -0.287. The second kappa shape index (κ2) is 8.66. The third-order valence-electron chi connectivity index (χ3n) is 4.99. The van der Waals surface area contributed by atoms with Gasteiger partial charge in [0, 0.05) is 23.2 Å². The zero-order valence-electron chi connectivity index (χ0n) is 15.2. The number of anilines is 2. The lowest BCUT2D eigenvalue weighted by atomic mass is 9.83. The number of nitrogens with zero attached hydrogens (tertiary/aromatic N) is 3. The van der Waals surface area contributed by atoms with Crippen LogP contribution in [-0.2, 0) is 13.0 Å². The van der Waals surface area contributed by atoms with Crippen molar-refractivity contribution in [3.63, 3.8) is 0 Å². The van der Waals surface area contributed by atoms with Crippen LogP contribution in [0, 0.1) is 21.8 Å². The van der Waals surface area contributed by atoms with Crippen molar-refractivity contribution in [2.75, 3.05) is 11.1 Å². The van der Waals surface area contributed by atoms with Gasteiger partial charge in [-0.05, 0) is 50.2 Å². The van der Waals surface area contributed by atoms with E-state index in [-0.39, 0.29) is 41.7 Å². The smallest absolute Gasteiger partial charge is 0.332 e. The van der Waals surface area contributed by atoms with Gasteiger partial charge in [-0.1, -0.05) is 17.7 Å². The van der Waals surface area contributed by atoms with Crippen LogP contribution in [0.15, 0.2) is 18.2 Å². The molecule has 1 aromatic carbocycles. The Bertz CT molecular complexity index is 873. The fourth-order valence-electron chi connectivity index (χ4n) is 3.45. The van der Waals surface area contributed by atoms with Crippen molar-refractivity contribution in [1.82, 2.24) is 9.97 Å². The quantitative estimate of drug-likeness (QED) is 0.492. The number of rotatable bonds is 6. The molecule has 2 aromatic rings. The Balaban J connectivity index is 1.80. The van der Waals surface area contributed by atoms with Gasteiger partial charge in [0.15, 0.2) is 0 Å². The van der Waals surface area contributed by atoms with Crippen molar-refractivity contribution in [3.05, 3.63) is 50.4 Å². The van der Waals surface area contributed by atoms with Crippen molar-refractivity contribution >= 4 is 29.1 Å². The second-order valence-electron chi connectivity index (χ2n) is 7.06. The van der Waals surface area contributed by atoms with E-state index in [2.05, 4.69) is 15.3 Å². The van der Waals surface area contributed by atoms with E-state index in [0.29, 0.717) is 17.0 Å². The van der Waals surface area contributed by atoms with E-state index < -0.39 is 10.7 Å². The molecule has 1 aliphatic carbocycles. The van der Waals surface area contributed by atoms with Crippen molar-refractivity contribution < 1.29 is 9.31 Å². The summed E-state index contributed by atoms with van der Waals surface area (Å²) in [6.45, 7) is 0.0952. The van der Waals surface area contributed by atoms with Crippen LogP contribution in [-0.4, -0.2) is 20.9 Å². The predicted octanol–water partition coefficient (Wildman–Crippen LogP) is 3.43. The topological polar surface area (TPSA) is 133 Å². The summed E-state index contributed by atoms with van der Waals surface area (Å²) in [4.78, 5) is 19.2. The van der Waals surface area contributed by atoms with E-state index in [9.17, 15) is 14.5 Å². The molecule has 0 spiro atoms. The Morgan fingerprint density at radius 3 is 2.64 bits per heavy atom. The fraction of sp³-hybridized carbons (Fsp3) is 0.444. The summed E-state index contributed by atoms with van der Waals surface area (Å²) in [6, 6.07) is 4.52. The molecule has 0 atom stereocenters. The molecule has 1 aromatic heterocycles. The number of hydrogen-bond donors (Lipinski definition) is 3. The Hall–Kier alpha value is -2.52. The van der Waals surface area contributed by atoms with E-state index >= 15 is 0 Å². The number of nitrogen functional groups attached to an aromatic ring is 1. The van der Waals surface area contributed by atoms with Crippen LogP contribution in [0.25, 0.3) is 0 Å². The molecule has 1 aliphatic rings. The molecule has 8 nitrogen and oxygen atoms in total. The van der Waals surface area contributed by atoms with Gasteiger partial charge in [0.1, 0.15) is 11.5 Å². The van der Waals surface area contributed by atoms with Gasteiger partial charge in [-0.3, -0.25) is 10.1 Å². The summed E-state index contributed by atoms with van der Waals surface area (Å²) in [5.41, 5.74) is 12.1. The van der Waals surface area contributed by atoms with Gasteiger partial charge in [-0.15, -0.1) is 0 Å². The van der Waals surface area contributed by atoms with Gasteiger partial charge in [0.2, 0.25) is 11.8 Å². The van der Waals surface area contributed by atoms with E-state index in [1.54, 1.807) is 12.1 Å². The standard InChI is InChI=1S/C18H22ClFN6O2/c19-12-4-3-11(14(20)8-12)9-23-18-24-15(16(26(27)28)17(22)25-18)7-10-1-5-13(21)6-2-10/h3-4,8,10,13H,1-2,5-7,9,21H2,(H3,22,23,24,25). The number of nitrogens with one attached hydrogen (secondary N) is 1. The molecule has 0 saturated heterocycles. The number of aromatic nitrogens is 2. The SMILES string of the molecule is Nc1nc(NCc2ccc(Cl)cc2F)nc(CC2CCC(N)CC2)c1[N+](=O)[O-]. The first-order valence-corrected chi connectivity index (χ1v) is 9.45. The maximum Gasteiger partial charge on any atom is 0.332 e. The lowest BCUT2D eigenvalue weighted by Gasteiger charge is -2.25. The largest absolute Gasteiger partial charge is 0.378 e. The molecule has 0 unspecified atom stereocenters. The third kappa shape index (κ3) is 4.85. The molecule has 28 heavy (non-hydrogen) atoms. The van der Waals surface area contributed by atoms with E-state index in [1.165, 1.54) is 6.07 Å². The Morgan fingerprint density at radius 2 is 2.00 bits per heavy atom. The Morgan fingerprint density at radius 1 is 1.29 bits per heavy atom. The van der Waals surface area contributed by atoms with Crippen LogP contribution in [0.4, 0.5) is 21.8 Å². The lowest BCUT2D eigenvalue weighted by Crippen LogP contribution is -2.27. The number of nitrogens with two attached hydrogens (primary N) is 2. The number of hydrogen-bond acceptors (Lipinski definition) is 7. The van der Waals surface area contributed by atoms with Crippen LogP contribution in [0.5, 0.6) is 0 Å². The van der Waals surface area contributed by atoms with Gasteiger partial charge < -0.3 is 16.8 Å². The van der Waals surface area contributed by atoms with Crippen molar-refractivity contribution in [2.24, 2.45) is 11.7 Å². The molecular formula is C18H22ClFN6O2. The minimum atomic E-state index is -0.554. The van der Waals surface area contributed by atoms with Gasteiger partial charge in [0.05, 0.1) is 4.92 Å².